The molecule has 8 heteroatoms. The molecule has 30 heavy (non-hydrogen) atoms. The van der Waals surface area contributed by atoms with Crippen LogP contribution < -0.4 is 15.4 Å². The molecule has 0 spiro atoms. The summed E-state index contributed by atoms with van der Waals surface area (Å²) in [6.45, 7) is 0. The molecule has 1 heterocycles. The molecule has 150 valence electrons. The first-order chi connectivity index (χ1) is 14.5. The summed E-state index contributed by atoms with van der Waals surface area (Å²) in [5.74, 6) is 0.383. The molecule has 6 nitrogen and oxygen atoms in total. The van der Waals surface area contributed by atoms with Crippen molar-refractivity contribution in [3.05, 3.63) is 78.1 Å². The van der Waals surface area contributed by atoms with Gasteiger partial charge in [-0.05, 0) is 78.9 Å². The van der Waals surface area contributed by atoms with Crippen molar-refractivity contribution >= 4 is 40.0 Å². The van der Waals surface area contributed by atoms with Crippen molar-refractivity contribution in [3.63, 3.8) is 0 Å². The molecule has 0 aliphatic rings. The average Bonchev–Trinajstić information content (AvgIpc) is 3.17. The SMILES string of the molecule is COc1ccc(C(=O)NC(=S)Nc2ccc3oc(-c4ccc(F)cc4)nc3c2)cc1. The maximum Gasteiger partial charge on any atom is 0.257 e. The molecule has 0 fully saturated rings. The van der Waals surface area contributed by atoms with Gasteiger partial charge in [-0.3, -0.25) is 10.1 Å². The summed E-state index contributed by atoms with van der Waals surface area (Å²) in [6, 6.07) is 17.8. The molecule has 4 aromatic rings. The van der Waals surface area contributed by atoms with Crippen LogP contribution in [-0.2, 0) is 0 Å². The summed E-state index contributed by atoms with van der Waals surface area (Å²) in [5, 5.41) is 5.74. The smallest absolute Gasteiger partial charge is 0.257 e. The van der Waals surface area contributed by atoms with Crippen molar-refractivity contribution < 1.29 is 18.3 Å². The Morgan fingerprint density at radius 3 is 2.50 bits per heavy atom. The van der Waals surface area contributed by atoms with Crippen LogP contribution in [0.5, 0.6) is 5.75 Å². The molecule has 0 unspecified atom stereocenters. The van der Waals surface area contributed by atoms with E-state index in [-0.39, 0.29) is 16.8 Å². The number of hydrogen-bond donors (Lipinski definition) is 2. The molecule has 0 radical (unpaired) electrons. The molecule has 0 saturated carbocycles. The lowest BCUT2D eigenvalue weighted by molar-refractivity contribution is 0.0977. The maximum absolute atomic E-state index is 13.1. The number of nitrogens with one attached hydrogen (secondary N) is 2. The van der Waals surface area contributed by atoms with E-state index in [9.17, 15) is 9.18 Å². The average molecular weight is 421 g/mol. The number of hydrogen-bond acceptors (Lipinski definition) is 5. The number of aromatic nitrogens is 1. The Kier molecular flexibility index (Phi) is 5.40. The lowest BCUT2D eigenvalue weighted by Gasteiger charge is -2.09. The van der Waals surface area contributed by atoms with Gasteiger partial charge in [-0.25, -0.2) is 9.37 Å². The number of nitrogens with zero attached hydrogens (tertiary/aromatic N) is 1. The van der Waals surface area contributed by atoms with Crippen molar-refractivity contribution in [2.24, 2.45) is 0 Å². The third-order valence-corrected chi connectivity index (χ3v) is 4.52. The van der Waals surface area contributed by atoms with Gasteiger partial charge >= 0.3 is 0 Å². The third-order valence-electron chi connectivity index (χ3n) is 4.32. The van der Waals surface area contributed by atoms with E-state index in [0.29, 0.717) is 39.6 Å². The standard InChI is InChI=1S/C22H16FN3O3S/c1-28-17-9-4-13(5-10-17)20(27)26-22(30)24-16-8-11-19-18(12-16)25-21(29-19)14-2-6-15(23)7-3-14/h2-12H,1H3,(H2,24,26,27,30). The van der Waals surface area contributed by atoms with E-state index in [1.54, 1.807) is 61.7 Å². The van der Waals surface area contributed by atoms with Gasteiger partial charge in [-0.15, -0.1) is 0 Å². The second kappa shape index (κ2) is 8.30. The minimum atomic E-state index is -0.337. The first-order valence-corrected chi connectivity index (χ1v) is 9.35. The highest BCUT2D eigenvalue weighted by atomic mass is 32.1. The molecule has 0 bridgehead atoms. The zero-order valence-electron chi connectivity index (χ0n) is 15.8. The predicted octanol–water partition coefficient (Wildman–Crippen LogP) is 4.77. The van der Waals surface area contributed by atoms with Crippen LogP contribution in [0.3, 0.4) is 0 Å². The van der Waals surface area contributed by atoms with Crippen LogP contribution in [-0.4, -0.2) is 23.1 Å². The maximum atomic E-state index is 13.1. The van der Waals surface area contributed by atoms with Gasteiger partial charge in [0.25, 0.3) is 5.91 Å². The molecule has 0 aliphatic heterocycles. The molecule has 0 aliphatic carbocycles. The van der Waals surface area contributed by atoms with Gasteiger partial charge in [0.05, 0.1) is 7.11 Å². The number of halogens is 1. The summed E-state index contributed by atoms with van der Waals surface area (Å²) < 4.78 is 23.9. The summed E-state index contributed by atoms with van der Waals surface area (Å²) in [6.07, 6.45) is 0. The van der Waals surface area contributed by atoms with E-state index in [4.69, 9.17) is 21.4 Å². The quantitative estimate of drug-likeness (QED) is 0.463. The van der Waals surface area contributed by atoms with Crippen LogP contribution in [0.1, 0.15) is 10.4 Å². The fraction of sp³-hybridized carbons (Fsp3) is 0.0455. The lowest BCUT2D eigenvalue weighted by Crippen LogP contribution is -2.34. The third kappa shape index (κ3) is 4.28. The highest BCUT2D eigenvalue weighted by Gasteiger charge is 2.11. The number of ether oxygens (including phenoxy) is 1. The van der Waals surface area contributed by atoms with Crippen LogP contribution in [0.2, 0.25) is 0 Å². The number of amides is 1. The van der Waals surface area contributed by atoms with Crippen LogP contribution in [0.25, 0.3) is 22.6 Å². The number of anilines is 1. The summed E-state index contributed by atoms with van der Waals surface area (Å²) >= 11 is 5.23. The topological polar surface area (TPSA) is 76.4 Å². The van der Waals surface area contributed by atoms with Gasteiger partial charge in [0, 0.05) is 16.8 Å². The van der Waals surface area contributed by atoms with E-state index in [1.807, 2.05) is 0 Å². The number of methoxy groups -OCH3 is 1. The van der Waals surface area contributed by atoms with Gasteiger partial charge in [0.15, 0.2) is 10.7 Å². The zero-order valence-corrected chi connectivity index (χ0v) is 16.6. The number of oxazole rings is 1. The van der Waals surface area contributed by atoms with Crippen molar-refractivity contribution in [3.8, 4) is 17.2 Å². The van der Waals surface area contributed by atoms with Gasteiger partial charge in [-0.2, -0.15) is 0 Å². The van der Waals surface area contributed by atoms with E-state index >= 15 is 0 Å². The van der Waals surface area contributed by atoms with Crippen molar-refractivity contribution in [2.75, 3.05) is 12.4 Å². The predicted molar refractivity (Wildman–Crippen MR) is 116 cm³/mol. The van der Waals surface area contributed by atoms with Gasteiger partial charge in [0.2, 0.25) is 5.89 Å². The van der Waals surface area contributed by atoms with Crippen molar-refractivity contribution in [1.82, 2.24) is 10.3 Å². The molecule has 4 rings (SSSR count). The van der Waals surface area contributed by atoms with E-state index in [2.05, 4.69) is 15.6 Å². The molecular weight excluding hydrogens is 405 g/mol. The van der Waals surface area contributed by atoms with Crippen LogP contribution in [0, 0.1) is 5.82 Å². The lowest BCUT2D eigenvalue weighted by atomic mass is 10.2. The van der Waals surface area contributed by atoms with Crippen molar-refractivity contribution in [2.45, 2.75) is 0 Å². The first-order valence-electron chi connectivity index (χ1n) is 8.95. The summed E-state index contributed by atoms with van der Waals surface area (Å²) in [7, 11) is 1.56. The Labute approximate surface area is 176 Å². The first kappa shape index (κ1) is 19.5. The summed E-state index contributed by atoms with van der Waals surface area (Å²) in [4.78, 5) is 16.7. The number of thiocarbonyl (C=S) groups is 1. The molecule has 0 saturated heterocycles. The van der Waals surface area contributed by atoms with Gasteiger partial charge in [0.1, 0.15) is 17.1 Å². The Hall–Kier alpha value is -3.78. The second-order valence-electron chi connectivity index (χ2n) is 6.35. The fourth-order valence-electron chi connectivity index (χ4n) is 2.80. The monoisotopic (exact) mass is 421 g/mol. The van der Waals surface area contributed by atoms with Gasteiger partial charge < -0.3 is 14.5 Å². The minimum Gasteiger partial charge on any atom is -0.497 e. The Balaban J connectivity index is 1.45. The Morgan fingerprint density at radius 2 is 1.80 bits per heavy atom. The Morgan fingerprint density at radius 1 is 1.07 bits per heavy atom. The number of carbonyl (C=O) groups excluding carboxylic acids is 1. The highest BCUT2D eigenvalue weighted by Crippen LogP contribution is 2.26. The largest absolute Gasteiger partial charge is 0.497 e. The molecule has 0 atom stereocenters. The number of carbonyl (C=O) groups is 1. The second-order valence-corrected chi connectivity index (χ2v) is 6.75. The van der Waals surface area contributed by atoms with Crippen LogP contribution >= 0.6 is 12.2 Å². The van der Waals surface area contributed by atoms with Gasteiger partial charge in [-0.1, -0.05) is 0 Å². The summed E-state index contributed by atoms with van der Waals surface area (Å²) in [5.41, 5.74) is 2.94. The molecule has 1 aromatic heterocycles. The van der Waals surface area contributed by atoms with E-state index in [1.165, 1.54) is 12.1 Å². The number of benzene rings is 3. The Bertz CT molecular complexity index is 1220. The van der Waals surface area contributed by atoms with Crippen LogP contribution in [0.4, 0.5) is 10.1 Å². The minimum absolute atomic E-state index is 0.150. The fourth-order valence-corrected chi connectivity index (χ4v) is 3.01. The molecule has 1 amide bonds. The number of rotatable bonds is 4. The van der Waals surface area contributed by atoms with E-state index < -0.39 is 0 Å². The van der Waals surface area contributed by atoms with Crippen molar-refractivity contribution in [1.29, 1.82) is 0 Å². The molecule has 3 aromatic carbocycles. The highest BCUT2D eigenvalue weighted by molar-refractivity contribution is 7.80. The van der Waals surface area contributed by atoms with E-state index in [0.717, 1.165) is 0 Å². The molecular formula is C22H16FN3O3S. The zero-order chi connectivity index (χ0) is 21.1. The molecule has 2 N–H and O–H groups in total. The normalized spacial score (nSPS) is 10.6. The number of fused-ring (bicyclic) bond motifs is 1. The van der Waals surface area contributed by atoms with Crippen LogP contribution in [0.15, 0.2) is 71.1 Å².